The number of carbonyl (C=O) groups excluding carboxylic acids is 1. The van der Waals surface area contributed by atoms with Gasteiger partial charge in [0.2, 0.25) is 5.91 Å². The second-order valence-electron chi connectivity index (χ2n) is 6.29. The van der Waals surface area contributed by atoms with Gasteiger partial charge in [-0.2, -0.15) is 0 Å². The number of ether oxygens (including phenoxy) is 1. The first-order valence-electron chi connectivity index (χ1n) is 8.32. The maximum Gasteiger partial charge on any atom is 0.573 e. The van der Waals surface area contributed by atoms with E-state index >= 15 is 0 Å². The molecule has 0 aliphatic carbocycles. The van der Waals surface area contributed by atoms with E-state index in [1.165, 1.54) is 42.7 Å². The predicted octanol–water partition coefficient (Wildman–Crippen LogP) is 3.95. The lowest BCUT2D eigenvalue weighted by atomic mass is 9.90. The van der Waals surface area contributed by atoms with Gasteiger partial charge >= 0.3 is 6.36 Å². The highest BCUT2D eigenvalue weighted by Gasteiger charge is 2.32. The summed E-state index contributed by atoms with van der Waals surface area (Å²) in [6.45, 7) is 0. The third-order valence-electron chi connectivity index (χ3n) is 4.42. The molecule has 9 heteroatoms. The fourth-order valence-corrected chi connectivity index (χ4v) is 3.19. The second kappa shape index (κ2) is 6.59. The number of halogens is 3. The number of hydrogen-bond acceptors (Lipinski definition) is 4. The summed E-state index contributed by atoms with van der Waals surface area (Å²) in [5.41, 5.74) is 1.99. The first-order valence-corrected chi connectivity index (χ1v) is 8.32. The normalized spacial score (nSPS) is 16.4. The monoisotopic (exact) mass is 389 g/mol. The van der Waals surface area contributed by atoms with Gasteiger partial charge in [-0.3, -0.25) is 9.36 Å². The standard InChI is InChI=1S/C19H14F3N3O3/c20-19(21,22)28-14-7-3-12(4-8-14)25-10-23-17-15(9-16(27)24-18(17)25)11-1-5-13(26)6-2-11/h1-8,10,15,26H,9H2,(H,24,27)/t15-/m0/s1. The maximum absolute atomic E-state index is 12.3. The summed E-state index contributed by atoms with van der Waals surface area (Å²) in [7, 11) is 0. The topological polar surface area (TPSA) is 76.4 Å². The van der Waals surface area contributed by atoms with Gasteiger partial charge < -0.3 is 15.2 Å². The second-order valence-corrected chi connectivity index (χ2v) is 6.29. The van der Waals surface area contributed by atoms with Crippen LogP contribution in [-0.2, 0) is 4.79 Å². The van der Waals surface area contributed by atoms with Crippen LogP contribution < -0.4 is 10.1 Å². The molecule has 144 valence electrons. The van der Waals surface area contributed by atoms with Gasteiger partial charge in [-0.05, 0) is 42.0 Å². The van der Waals surface area contributed by atoms with E-state index in [1.807, 2.05) is 0 Å². The molecule has 2 N–H and O–H groups in total. The van der Waals surface area contributed by atoms with Gasteiger partial charge in [0.1, 0.15) is 23.6 Å². The number of fused-ring (bicyclic) bond motifs is 1. The smallest absolute Gasteiger partial charge is 0.508 e. The first kappa shape index (κ1) is 17.9. The lowest BCUT2D eigenvalue weighted by molar-refractivity contribution is -0.274. The first-order chi connectivity index (χ1) is 13.3. The number of nitrogens with zero attached hydrogens (tertiary/aromatic N) is 2. The van der Waals surface area contributed by atoms with Crippen LogP contribution in [0.5, 0.6) is 11.5 Å². The van der Waals surface area contributed by atoms with Gasteiger partial charge in [0, 0.05) is 18.0 Å². The van der Waals surface area contributed by atoms with Crippen molar-refractivity contribution in [2.75, 3.05) is 5.32 Å². The Bertz CT molecular complexity index is 1010. The number of hydrogen-bond donors (Lipinski definition) is 2. The molecule has 0 spiro atoms. The van der Waals surface area contributed by atoms with E-state index in [0.717, 1.165) is 5.56 Å². The summed E-state index contributed by atoms with van der Waals surface area (Å²) in [6.07, 6.45) is -3.06. The summed E-state index contributed by atoms with van der Waals surface area (Å²) in [6, 6.07) is 11.8. The van der Waals surface area contributed by atoms with Crippen molar-refractivity contribution in [1.82, 2.24) is 9.55 Å². The molecule has 0 saturated carbocycles. The largest absolute Gasteiger partial charge is 0.573 e. The molecule has 1 aliphatic rings. The Morgan fingerprint density at radius 3 is 2.43 bits per heavy atom. The zero-order chi connectivity index (χ0) is 19.9. The minimum absolute atomic E-state index is 0.121. The van der Waals surface area contributed by atoms with Crippen LogP contribution in [0.25, 0.3) is 5.69 Å². The Labute approximate surface area is 157 Å². The molecular formula is C19H14F3N3O3. The summed E-state index contributed by atoms with van der Waals surface area (Å²) < 4.78 is 42.4. The van der Waals surface area contributed by atoms with Crippen molar-refractivity contribution in [3.63, 3.8) is 0 Å². The SMILES string of the molecule is O=C1C[C@@H](c2ccc(O)cc2)c2ncn(-c3ccc(OC(F)(F)F)cc3)c2N1. The number of carbonyl (C=O) groups is 1. The number of benzene rings is 2. The molecule has 0 bridgehead atoms. The van der Waals surface area contributed by atoms with Gasteiger partial charge in [-0.1, -0.05) is 12.1 Å². The van der Waals surface area contributed by atoms with Gasteiger partial charge in [0.15, 0.2) is 0 Å². The van der Waals surface area contributed by atoms with Crippen LogP contribution in [0.3, 0.4) is 0 Å². The van der Waals surface area contributed by atoms with E-state index in [4.69, 9.17) is 0 Å². The van der Waals surface area contributed by atoms with Gasteiger partial charge in [-0.25, -0.2) is 4.98 Å². The molecule has 1 aromatic heterocycles. The Kier molecular flexibility index (Phi) is 4.21. The van der Waals surface area contributed by atoms with Crippen LogP contribution in [-0.4, -0.2) is 26.9 Å². The van der Waals surface area contributed by atoms with Crippen LogP contribution in [0.15, 0.2) is 54.9 Å². The average Bonchev–Trinajstić information content (AvgIpc) is 3.05. The van der Waals surface area contributed by atoms with E-state index < -0.39 is 6.36 Å². The van der Waals surface area contributed by atoms with Crippen LogP contribution >= 0.6 is 0 Å². The number of imidazole rings is 1. The molecule has 3 aromatic rings. The highest BCUT2D eigenvalue weighted by Crippen LogP contribution is 2.38. The summed E-state index contributed by atoms with van der Waals surface area (Å²) in [5, 5.41) is 12.2. The van der Waals surface area contributed by atoms with Crippen LogP contribution in [0, 0.1) is 0 Å². The number of nitrogens with one attached hydrogen (secondary N) is 1. The quantitative estimate of drug-likeness (QED) is 0.711. The zero-order valence-corrected chi connectivity index (χ0v) is 14.3. The Morgan fingerprint density at radius 2 is 1.79 bits per heavy atom. The van der Waals surface area contributed by atoms with Crippen LogP contribution in [0.2, 0.25) is 0 Å². The average molecular weight is 389 g/mol. The van der Waals surface area contributed by atoms with Crippen LogP contribution in [0.1, 0.15) is 23.6 Å². The van der Waals surface area contributed by atoms with E-state index in [9.17, 15) is 23.1 Å². The summed E-state index contributed by atoms with van der Waals surface area (Å²) in [5.74, 6) is -0.256. The molecule has 28 heavy (non-hydrogen) atoms. The number of aromatic nitrogens is 2. The molecule has 1 atom stereocenters. The van der Waals surface area contributed by atoms with Crippen molar-refractivity contribution in [2.45, 2.75) is 18.7 Å². The lowest BCUT2D eigenvalue weighted by Crippen LogP contribution is -2.24. The van der Waals surface area contributed by atoms with Crippen molar-refractivity contribution in [1.29, 1.82) is 0 Å². The maximum atomic E-state index is 12.3. The van der Waals surface area contributed by atoms with Crippen molar-refractivity contribution in [2.24, 2.45) is 0 Å². The van der Waals surface area contributed by atoms with Gasteiger partial charge in [0.25, 0.3) is 0 Å². The molecule has 6 nitrogen and oxygen atoms in total. The van der Waals surface area contributed by atoms with Gasteiger partial charge in [0.05, 0.1) is 5.69 Å². The van der Waals surface area contributed by atoms with E-state index in [1.54, 1.807) is 16.7 Å². The third-order valence-corrected chi connectivity index (χ3v) is 4.42. The van der Waals surface area contributed by atoms with Gasteiger partial charge in [-0.15, -0.1) is 13.2 Å². The van der Waals surface area contributed by atoms with Crippen molar-refractivity contribution >= 4 is 11.7 Å². The van der Waals surface area contributed by atoms with E-state index in [-0.39, 0.29) is 29.7 Å². The summed E-state index contributed by atoms with van der Waals surface area (Å²) >= 11 is 0. The minimum atomic E-state index is -4.76. The number of alkyl halides is 3. The number of amides is 1. The Balaban J connectivity index is 1.68. The number of anilines is 1. The number of aromatic hydroxyl groups is 1. The predicted molar refractivity (Wildman–Crippen MR) is 93.4 cm³/mol. The summed E-state index contributed by atoms with van der Waals surface area (Å²) in [4.78, 5) is 16.6. The molecule has 0 fully saturated rings. The molecule has 2 heterocycles. The lowest BCUT2D eigenvalue weighted by Gasteiger charge is -2.23. The molecule has 4 rings (SSSR count). The van der Waals surface area contributed by atoms with Crippen molar-refractivity contribution in [3.8, 4) is 17.2 Å². The molecule has 0 unspecified atom stereocenters. The third kappa shape index (κ3) is 3.51. The zero-order valence-electron chi connectivity index (χ0n) is 14.3. The molecule has 1 aliphatic heterocycles. The van der Waals surface area contributed by atoms with Crippen molar-refractivity contribution < 1.29 is 27.8 Å². The number of phenols is 1. The molecular weight excluding hydrogens is 375 g/mol. The molecule has 1 amide bonds. The Morgan fingerprint density at radius 1 is 1.11 bits per heavy atom. The fourth-order valence-electron chi connectivity index (χ4n) is 3.19. The molecule has 2 aromatic carbocycles. The highest BCUT2D eigenvalue weighted by molar-refractivity contribution is 5.94. The molecule has 0 saturated heterocycles. The minimum Gasteiger partial charge on any atom is -0.508 e. The Hall–Kier alpha value is -3.49. The molecule has 0 radical (unpaired) electrons. The van der Waals surface area contributed by atoms with Crippen molar-refractivity contribution in [3.05, 3.63) is 66.1 Å². The highest BCUT2D eigenvalue weighted by atomic mass is 19.4. The number of phenolic OH excluding ortho intramolecular Hbond substituents is 1. The number of rotatable bonds is 3. The van der Waals surface area contributed by atoms with E-state index in [0.29, 0.717) is 17.2 Å². The van der Waals surface area contributed by atoms with E-state index in [2.05, 4.69) is 15.0 Å². The fraction of sp³-hybridized carbons (Fsp3) is 0.158. The van der Waals surface area contributed by atoms with Crippen LogP contribution in [0.4, 0.5) is 19.0 Å².